The molecule has 166 valence electrons. The van der Waals surface area contributed by atoms with Gasteiger partial charge in [0.2, 0.25) is 0 Å². The monoisotopic (exact) mass is 420 g/mol. The molecule has 2 aromatic carbocycles. The number of hydrogen-bond acceptors (Lipinski definition) is 3. The van der Waals surface area contributed by atoms with Crippen molar-refractivity contribution < 1.29 is 9.53 Å². The van der Waals surface area contributed by atoms with Crippen molar-refractivity contribution in [2.24, 2.45) is 5.92 Å². The van der Waals surface area contributed by atoms with E-state index in [0.717, 1.165) is 32.4 Å². The Bertz CT molecular complexity index is 820. The van der Waals surface area contributed by atoms with Crippen molar-refractivity contribution in [2.75, 3.05) is 0 Å². The van der Waals surface area contributed by atoms with Gasteiger partial charge in [0.1, 0.15) is 5.60 Å². The smallest absolute Gasteiger partial charge is 0.410 e. The van der Waals surface area contributed by atoms with Gasteiger partial charge < -0.3 is 9.64 Å². The average Bonchev–Trinajstić information content (AvgIpc) is 3.10. The number of benzene rings is 2. The van der Waals surface area contributed by atoms with E-state index in [0.29, 0.717) is 18.0 Å². The number of nitrogens with zero attached hydrogens (tertiary/aromatic N) is 2. The number of piperidine rings is 1. The number of carbonyl (C=O) groups excluding carboxylic acids is 1. The molecule has 0 saturated carbocycles. The SMILES string of the molecule is CC1CC(N(Cc2ccccc2)Cc2ccccc2)C2CCC1N2C(=O)OC(C)(C)C. The van der Waals surface area contributed by atoms with E-state index in [2.05, 4.69) is 77.4 Å². The first-order valence-corrected chi connectivity index (χ1v) is 11.6. The summed E-state index contributed by atoms with van der Waals surface area (Å²) < 4.78 is 5.84. The summed E-state index contributed by atoms with van der Waals surface area (Å²) in [6.07, 6.45) is 3.11. The Morgan fingerprint density at radius 1 is 0.935 bits per heavy atom. The highest BCUT2D eigenvalue weighted by Gasteiger charge is 2.50. The molecule has 0 N–H and O–H groups in total. The quantitative estimate of drug-likeness (QED) is 0.607. The summed E-state index contributed by atoms with van der Waals surface area (Å²) in [6, 6.07) is 22.2. The molecule has 4 heteroatoms. The fourth-order valence-corrected chi connectivity index (χ4v) is 5.40. The first-order valence-electron chi connectivity index (χ1n) is 11.6. The number of carbonyl (C=O) groups is 1. The summed E-state index contributed by atoms with van der Waals surface area (Å²) in [6.45, 7) is 9.94. The first kappa shape index (κ1) is 21.9. The maximum absolute atomic E-state index is 13.2. The summed E-state index contributed by atoms with van der Waals surface area (Å²) in [4.78, 5) is 17.9. The lowest BCUT2D eigenvalue weighted by Gasteiger charge is -2.47. The standard InChI is InChI=1S/C27H36N2O2/c1-20-17-25(24-16-15-23(20)29(24)26(30)31-27(2,3)4)28(18-21-11-7-5-8-12-21)19-22-13-9-6-10-14-22/h5-14,20,23-25H,15-19H2,1-4H3. The van der Waals surface area contributed by atoms with Crippen LogP contribution in [0.5, 0.6) is 0 Å². The molecule has 2 bridgehead atoms. The van der Waals surface area contributed by atoms with Crippen LogP contribution in [0.4, 0.5) is 4.79 Å². The summed E-state index contributed by atoms with van der Waals surface area (Å²) in [5.74, 6) is 0.463. The van der Waals surface area contributed by atoms with Gasteiger partial charge in [-0.2, -0.15) is 0 Å². The number of amides is 1. The maximum atomic E-state index is 13.2. The van der Waals surface area contributed by atoms with Gasteiger partial charge in [0.15, 0.2) is 0 Å². The van der Waals surface area contributed by atoms with Crippen molar-refractivity contribution in [2.45, 2.75) is 83.8 Å². The second kappa shape index (κ2) is 9.04. The van der Waals surface area contributed by atoms with E-state index in [1.807, 2.05) is 20.8 Å². The molecular formula is C27H36N2O2. The third kappa shape index (κ3) is 5.12. The zero-order chi connectivity index (χ0) is 22.0. The molecule has 31 heavy (non-hydrogen) atoms. The second-order valence-corrected chi connectivity index (χ2v) is 10.3. The Hall–Kier alpha value is -2.33. The van der Waals surface area contributed by atoms with Crippen LogP contribution in [0.3, 0.4) is 0 Å². The summed E-state index contributed by atoms with van der Waals surface area (Å²) >= 11 is 0. The maximum Gasteiger partial charge on any atom is 0.410 e. The van der Waals surface area contributed by atoms with Crippen molar-refractivity contribution in [3.8, 4) is 0 Å². The van der Waals surface area contributed by atoms with E-state index in [1.54, 1.807) is 0 Å². The lowest BCUT2D eigenvalue weighted by molar-refractivity contribution is -0.0263. The average molecular weight is 421 g/mol. The molecule has 0 aromatic heterocycles. The van der Waals surface area contributed by atoms with Crippen LogP contribution in [-0.2, 0) is 17.8 Å². The van der Waals surface area contributed by atoms with E-state index in [9.17, 15) is 4.79 Å². The van der Waals surface area contributed by atoms with E-state index in [-0.39, 0.29) is 12.1 Å². The van der Waals surface area contributed by atoms with Gasteiger partial charge >= 0.3 is 6.09 Å². The Morgan fingerprint density at radius 3 is 1.97 bits per heavy atom. The van der Waals surface area contributed by atoms with E-state index in [1.165, 1.54) is 11.1 Å². The lowest BCUT2D eigenvalue weighted by atomic mass is 9.87. The van der Waals surface area contributed by atoms with Crippen LogP contribution in [0, 0.1) is 5.92 Å². The molecule has 2 aliphatic rings. The summed E-state index contributed by atoms with van der Waals surface area (Å²) in [7, 11) is 0. The van der Waals surface area contributed by atoms with Crippen molar-refractivity contribution in [3.05, 3.63) is 71.8 Å². The Balaban J connectivity index is 1.62. The fraction of sp³-hybridized carbons (Fsp3) is 0.519. The van der Waals surface area contributed by atoms with Gasteiger partial charge in [0.25, 0.3) is 0 Å². The molecule has 2 fully saturated rings. The highest BCUT2D eigenvalue weighted by Crippen LogP contribution is 2.42. The van der Waals surface area contributed by atoms with Gasteiger partial charge in [-0.25, -0.2) is 4.79 Å². The largest absolute Gasteiger partial charge is 0.444 e. The van der Waals surface area contributed by atoms with Gasteiger partial charge in [-0.3, -0.25) is 4.90 Å². The molecule has 4 atom stereocenters. The lowest BCUT2D eigenvalue weighted by Crippen LogP contribution is -2.59. The Labute approximate surface area is 187 Å². The molecule has 1 amide bonds. The minimum Gasteiger partial charge on any atom is -0.444 e. The van der Waals surface area contributed by atoms with Crippen molar-refractivity contribution >= 4 is 6.09 Å². The number of hydrogen-bond donors (Lipinski definition) is 0. The van der Waals surface area contributed by atoms with Crippen LogP contribution >= 0.6 is 0 Å². The summed E-state index contributed by atoms with van der Waals surface area (Å²) in [5.41, 5.74) is 2.16. The minimum absolute atomic E-state index is 0.143. The van der Waals surface area contributed by atoms with Crippen LogP contribution in [0.1, 0.15) is 58.1 Å². The van der Waals surface area contributed by atoms with Crippen molar-refractivity contribution in [3.63, 3.8) is 0 Å². The van der Waals surface area contributed by atoms with Crippen LogP contribution in [0.25, 0.3) is 0 Å². The molecule has 4 unspecified atom stereocenters. The van der Waals surface area contributed by atoms with E-state index >= 15 is 0 Å². The Morgan fingerprint density at radius 2 is 1.45 bits per heavy atom. The zero-order valence-electron chi connectivity index (χ0n) is 19.3. The predicted octanol–water partition coefficient (Wildman–Crippen LogP) is 5.87. The highest BCUT2D eigenvalue weighted by molar-refractivity contribution is 5.70. The predicted molar refractivity (Wildman–Crippen MR) is 125 cm³/mol. The highest BCUT2D eigenvalue weighted by atomic mass is 16.6. The number of rotatable bonds is 5. The number of ether oxygens (including phenoxy) is 1. The molecule has 4 nitrogen and oxygen atoms in total. The van der Waals surface area contributed by atoms with E-state index < -0.39 is 5.60 Å². The molecule has 4 rings (SSSR count). The molecule has 2 heterocycles. The third-order valence-electron chi connectivity index (χ3n) is 6.72. The molecule has 0 aliphatic carbocycles. The topological polar surface area (TPSA) is 32.8 Å². The normalized spacial score (nSPS) is 25.6. The third-order valence-corrected chi connectivity index (χ3v) is 6.72. The van der Waals surface area contributed by atoms with Gasteiger partial charge in [0, 0.05) is 25.2 Å². The van der Waals surface area contributed by atoms with Crippen LogP contribution in [-0.4, -0.2) is 39.6 Å². The van der Waals surface area contributed by atoms with Crippen molar-refractivity contribution in [1.29, 1.82) is 0 Å². The van der Waals surface area contributed by atoms with Gasteiger partial charge in [-0.15, -0.1) is 0 Å². The van der Waals surface area contributed by atoms with Crippen LogP contribution in [0.2, 0.25) is 0 Å². The van der Waals surface area contributed by atoms with Crippen LogP contribution in [0.15, 0.2) is 60.7 Å². The minimum atomic E-state index is -0.472. The second-order valence-electron chi connectivity index (χ2n) is 10.3. The van der Waals surface area contributed by atoms with Gasteiger partial charge in [0.05, 0.1) is 6.04 Å². The fourth-order valence-electron chi connectivity index (χ4n) is 5.40. The summed E-state index contributed by atoms with van der Waals surface area (Å²) in [5, 5.41) is 0. The van der Waals surface area contributed by atoms with E-state index in [4.69, 9.17) is 4.74 Å². The molecule has 2 aliphatic heterocycles. The Kier molecular flexibility index (Phi) is 6.38. The van der Waals surface area contributed by atoms with Gasteiger partial charge in [-0.1, -0.05) is 67.6 Å². The molecule has 0 spiro atoms. The molecular weight excluding hydrogens is 384 g/mol. The first-order chi connectivity index (χ1) is 14.8. The molecule has 2 aromatic rings. The number of fused-ring (bicyclic) bond motifs is 2. The molecule has 2 saturated heterocycles. The van der Waals surface area contributed by atoms with Gasteiger partial charge in [-0.05, 0) is 57.1 Å². The van der Waals surface area contributed by atoms with Crippen LogP contribution < -0.4 is 0 Å². The molecule has 0 radical (unpaired) electrons. The van der Waals surface area contributed by atoms with Crippen molar-refractivity contribution in [1.82, 2.24) is 9.80 Å². The zero-order valence-corrected chi connectivity index (χ0v) is 19.3.